The number of nitrogen functional groups attached to an aromatic ring is 1. The molecule has 82 valence electrons. The minimum Gasteiger partial charge on any atom is -0.384 e. The SMILES string of the molecule is C=CCn1c(N)c(I)c(=O)n(CC)c1=O. The Balaban J connectivity index is 3.68. The topological polar surface area (TPSA) is 70.0 Å². The van der Waals surface area contributed by atoms with Crippen molar-refractivity contribution in [2.75, 3.05) is 5.73 Å². The number of halogens is 1. The summed E-state index contributed by atoms with van der Waals surface area (Å²) < 4.78 is 2.86. The highest BCUT2D eigenvalue weighted by atomic mass is 127. The molecule has 1 rings (SSSR count). The van der Waals surface area contributed by atoms with Gasteiger partial charge < -0.3 is 5.73 Å². The first kappa shape index (κ1) is 12.0. The summed E-state index contributed by atoms with van der Waals surface area (Å²) in [6.07, 6.45) is 1.57. The zero-order chi connectivity index (χ0) is 11.6. The normalized spacial score (nSPS) is 10.3. The highest BCUT2D eigenvalue weighted by Crippen LogP contribution is 2.07. The predicted octanol–water partition coefficient (Wildman–Crippen LogP) is 0.403. The number of nitrogens with zero attached hydrogens (tertiary/aromatic N) is 2. The van der Waals surface area contributed by atoms with Crippen molar-refractivity contribution in [2.24, 2.45) is 0 Å². The van der Waals surface area contributed by atoms with E-state index in [0.29, 0.717) is 16.7 Å². The van der Waals surface area contributed by atoms with Crippen molar-refractivity contribution in [3.63, 3.8) is 0 Å². The van der Waals surface area contributed by atoms with Crippen molar-refractivity contribution >= 4 is 28.4 Å². The van der Waals surface area contributed by atoms with E-state index in [9.17, 15) is 9.59 Å². The van der Waals surface area contributed by atoms with Crippen LogP contribution in [0.2, 0.25) is 0 Å². The lowest BCUT2D eigenvalue weighted by Crippen LogP contribution is -2.42. The molecule has 0 amide bonds. The van der Waals surface area contributed by atoms with Crippen molar-refractivity contribution in [3.8, 4) is 0 Å². The zero-order valence-corrected chi connectivity index (χ0v) is 10.5. The van der Waals surface area contributed by atoms with Gasteiger partial charge in [-0.3, -0.25) is 13.9 Å². The van der Waals surface area contributed by atoms with Gasteiger partial charge in [0.2, 0.25) is 0 Å². The van der Waals surface area contributed by atoms with Crippen LogP contribution < -0.4 is 17.0 Å². The predicted molar refractivity (Wildman–Crippen MR) is 68.0 cm³/mol. The third kappa shape index (κ3) is 1.99. The summed E-state index contributed by atoms with van der Waals surface area (Å²) in [6.45, 7) is 5.93. The van der Waals surface area contributed by atoms with Gasteiger partial charge in [-0.05, 0) is 29.5 Å². The Hall–Kier alpha value is -1.05. The monoisotopic (exact) mass is 321 g/mol. The van der Waals surface area contributed by atoms with Crippen LogP contribution in [0.25, 0.3) is 0 Å². The van der Waals surface area contributed by atoms with Gasteiger partial charge in [-0.15, -0.1) is 6.58 Å². The van der Waals surface area contributed by atoms with E-state index < -0.39 is 0 Å². The van der Waals surface area contributed by atoms with Crippen LogP contribution in [0.4, 0.5) is 5.82 Å². The maximum Gasteiger partial charge on any atom is 0.332 e. The molecule has 0 unspecified atom stereocenters. The number of allylic oxidation sites excluding steroid dienone is 1. The number of rotatable bonds is 3. The van der Waals surface area contributed by atoms with Crippen LogP contribution in [0.3, 0.4) is 0 Å². The van der Waals surface area contributed by atoms with Crippen LogP contribution in [-0.2, 0) is 13.1 Å². The van der Waals surface area contributed by atoms with Gasteiger partial charge >= 0.3 is 5.69 Å². The van der Waals surface area contributed by atoms with Gasteiger partial charge in [-0.2, -0.15) is 0 Å². The first-order chi connectivity index (χ1) is 7.04. The fourth-order valence-electron chi connectivity index (χ4n) is 1.27. The molecule has 0 saturated carbocycles. The summed E-state index contributed by atoms with van der Waals surface area (Å²) in [6, 6.07) is 0. The average Bonchev–Trinajstić information content (AvgIpc) is 2.22. The molecule has 0 aliphatic heterocycles. The van der Waals surface area contributed by atoms with Crippen LogP contribution in [0, 0.1) is 3.57 Å². The Morgan fingerprint density at radius 2 is 2.07 bits per heavy atom. The third-order valence-electron chi connectivity index (χ3n) is 2.04. The van der Waals surface area contributed by atoms with Gasteiger partial charge in [-0.25, -0.2) is 4.79 Å². The molecular weight excluding hydrogens is 309 g/mol. The van der Waals surface area contributed by atoms with Crippen molar-refractivity contribution in [3.05, 3.63) is 37.1 Å². The van der Waals surface area contributed by atoms with E-state index in [1.54, 1.807) is 13.0 Å². The summed E-state index contributed by atoms with van der Waals surface area (Å²) in [7, 11) is 0. The molecule has 0 aliphatic rings. The lowest BCUT2D eigenvalue weighted by atomic mass is 10.5. The Bertz CT molecular complexity index is 501. The second kappa shape index (κ2) is 4.65. The second-order valence-electron chi connectivity index (χ2n) is 2.93. The van der Waals surface area contributed by atoms with E-state index in [0.717, 1.165) is 4.57 Å². The van der Waals surface area contributed by atoms with Crippen LogP contribution in [-0.4, -0.2) is 9.13 Å². The minimum absolute atomic E-state index is 0.204. The lowest BCUT2D eigenvalue weighted by molar-refractivity contribution is 0.605. The van der Waals surface area contributed by atoms with E-state index in [-0.39, 0.29) is 17.1 Å². The number of aromatic nitrogens is 2. The van der Waals surface area contributed by atoms with Crippen LogP contribution in [0.15, 0.2) is 22.2 Å². The number of hydrogen-bond donors (Lipinski definition) is 1. The molecule has 0 aromatic carbocycles. The maximum atomic E-state index is 11.8. The highest BCUT2D eigenvalue weighted by Gasteiger charge is 2.12. The maximum absolute atomic E-state index is 11.8. The molecule has 0 spiro atoms. The molecule has 2 N–H and O–H groups in total. The second-order valence-corrected chi connectivity index (χ2v) is 4.01. The number of nitrogens with two attached hydrogens (primary N) is 1. The van der Waals surface area contributed by atoms with E-state index in [2.05, 4.69) is 6.58 Å². The van der Waals surface area contributed by atoms with E-state index in [1.165, 1.54) is 4.57 Å². The highest BCUT2D eigenvalue weighted by molar-refractivity contribution is 14.1. The summed E-state index contributed by atoms with van der Waals surface area (Å²) >= 11 is 1.85. The largest absolute Gasteiger partial charge is 0.384 e. The van der Waals surface area contributed by atoms with Crippen LogP contribution >= 0.6 is 22.6 Å². The Morgan fingerprint density at radius 1 is 1.47 bits per heavy atom. The fraction of sp³-hybridized carbons (Fsp3) is 0.333. The summed E-state index contributed by atoms with van der Waals surface area (Å²) in [5.74, 6) is 0.204. The molecule has 1 aromatic heterocycles. The number of anilines is 1. The van der Waals surface area contributed by atoms with Gasteiger partial charge in [0.1, 0.15) is 9.39 Å². The number of hydrogen-bond acceptors (Lipinski definition) is 3. The third-order valence-corrected chi connectivity index (χ3v) is 3.05. The molecule has 5 nitrogen and oxygen atoms in total. The van der Waals surface area contributed by atoms with Gasteiger partial charge in [0.25, 0.3) is 5.56 Å². The lowest BCUT2D eigenvalue weighted by Gasteiger charge is -2.11. The molecule has 6 heteroatoms. The molecule has 0 fully saturated rings. The standard InChI is InChI=1S/C9H12IN3O2/c1-3-5-13-7(11)6(10)8(14)12(4-2)9(13)15/h3H,1,4-5,11H2,2H3. The molecule has 1 aromatic rings. The van der Waals surface area contributed by atoms with Crippen molar-refractivity contribution in [1.29, 1.82) is 0 Å². The Labute approximate surface area is 100 Å². The summed E-state index contributed by atoms with van der Waals surface area (Å²) in [5, 5.41) is 0. The van der Waals surface area contributed by atoms with Gasteiger partial charge in [-0.1, -0.05) is 6.08 Å². The summed E-state index contributed by atoms with van der Waals surface area (Å²) in [5.41, 5.74) is 4.97. The average molecular weight is 321 g/mol. The van der Waals surface area contributed by atoms with Gasteiger partial charge in [0.05, 0.1) is 0 Å². The Kier molecular flexibility index (Phi) is 3.72. The van der Waals surface area contributed by atoms with E-state index >= 15 is 0 Å². The summed E-state index contributed by atoms with van der Waals surface area (Å²) in [4.78, 5) is 23.4. The van der Waals surface area contributed by atoms with Crippen molar-refractivity contribution in [1.82, 2.24) is 9.13 Å². The molecule has 0 saturated heterocycles. The first-order valence-electron chi connectivity index (χ1n) is 4.44. The molecule has 0 atom stereocenters. The van der Waals surface area contributed by atoms with E-state index in [4.69, 9.17) is 5.73 Å². The minimum atomic E-state index is -0.389. The molecule has 1 heterocycles. The van der Waals surface area contributed by atoms with Gasteiger partial charge in [0, 0.05) is 13.1 Å². The molecule has 0 radical (unpaired) electrons. The zero-order valence-electron chi connectivity index (χ0n) is 8.36. The first-order valence-corrected chi connectivity index (χ1v) is 5.52. The fourth-order valence-corrected chi connectivity index (χ4v) is 1.85. The molecule has 0 aliphatic carbocycles. The van der Waals surface area contributed by atoms with Crippen molar-refractivity contribution in [2.45, 2.75) is 20.0 Å². The molecule has 0 bridgehead atoms. The van der Waals surface area contributed by atoms with Crippen LogP contribution in [0.5, 0.6) is 0 Å². The van der Waals surface area contributed by atoms with E-state index in [1.807, 2.05) is 22.6 Å². The van der Waals surface area contributed by atoms with Crippen molar-refractivity contribution < 1.29 is 0 Å². The van der Waals surface area contributed by atoms with Gasteiger partial charge in [0.15, 0.2) is 0 Å². The van der Waals surface area contributed by atoms with Crippen LogP contribution in [0.1, 0.15) is 6.92 Å². The Morgan fingerprint density at radius 3 is 2.53 bits per heavy atom. The smallest absolute Gasteiger partial charge is 0.332 e. The molecular formula is C9H12IN3O2. The quantitative estimate of drug-likeness (QED) is 0.647. The molecule has 15 heavy (non-hydrogen) atoms.